The van der Waals surface area contributed by atoms with Crippen molar-refractivity contribution in [3.63, 3.8) is 0 Å². The van der Waals surface area contributed by atoms with E-state index in [1.165, 1.54) is 0 Å². The molecule has 0 unspecified atom stereocenters. The molecular formula is C12H11ClN6O. The number of halogens is 1. The lowest BCUT2D eigenvalue weighted by atomic mass is 10.2. The molecule has 0 atom stereocenters. The zero-order valence-electron chi connectivity index (χ0n) is 10.6. The van der Waals surface area contributed by atoms with E-state index in [1.807, 2.05) is 6.07 Å². The molecule has 102 valence electrons. The molecule has 3 N–H and O–H groups in total. The molecule has 1 heterocycles. The predicted octanol–water partition coefficient (Wildman–Crippen LogP) is 2.12. The standard InChI is InChI=1S/C12H11ClN6O/c1-2-20-12-18-10(15)17-11(19-12)16-9-5-7(6-14)3-4-8(9)13/h3-5H,2H2,1H3,(H3,15,16,17,18,19). The molecule has 0 fully saturated rings. The maximum atomic E-state index is 8.88. The molecule has 2 rings (SSSR count). The Balaban J connectivity index is 2.32. The molecule has 0 saturated carbocycles. The van der Waals surface area contributed by atoms with Gasteiger partial charge in [-0.15, -0.1) is 0 Å². The Morgan fingerprint density at radius 1 is 1.40 bits per heavy atom. The van der Waals surface area contributed by atoms with E-state index in [1.54, 1.807) is 25.1 Å². The number of nitrogens with two attached hydrogens (primary N) is 1. The van der Waals surface area contributed by atoms with Crippen molar-refractivity contribution in [3.05, 3.63) is 28.8 Å². The summed E-state index contributed by atoms with van der Waals surface area (Å²) in [6.07, 6.45) is 0. The summed E-state index contributed by atoms with van der Waals surface area (Å²) >= 11 is 6.04. The van der Waals surface area contributed by atoms with E-state index in [4.69, 9.17) is 27.3 Å². The predicted molar refractivity (Wildman–Crippen MR) is 74.9 cm³/mol. The SMILES string of the molecule is CCOc1nc(N)nc(Nc2cc(C#N)ccc2Cl)n1. The lowest BCUT2D eigenvalue weighted by molar-refractivity contribution is 0.312. The fourth-order valence-corrected chi connectivity index (χ4v) is 1.60. The molecule has 0 aliphatic rings. The minimum absolute atomic E-state index is 0.0264. The van der Waals surface area contributed by atoms with Gasteiger partial charge < -0.3 is 15.8 Å². The van der Waals surface area contributed by atoms with Gasteiger partial charge in [-0.2, -0.15) is 20.2 Å². The van der Waals surface area contributed by atoms with E-state index >= 15 is 0 Å². The largest absolute Gasteiger partial charge is 0.464 e. The van der Waals surface area contributed by atoms with Gasteiger partial charge in [0.05, 0.1) is 28.9 Å². The third kappa shape index (κ3) is 3.24. The monoisotopic (exact) mass is 290 g/mol. The second-order valence-electron chi connectivity index (χ2n) is 3.66. The number of hydrogen-bond donors (Lipinski definition) is 2. The van der Waals surface area contributed by atoms with Crippen molar-refractivity contribution < 1.29 is 4.74 Å². The number of nitrogens with zero attached hydrogens (tertiary/aromatic N) is 4. The van der Waals surface area contributed by atoms with E-state index in [0.29, 0.717) is 22.9 Å². The summed E-state index contributed by atoms with van der Waals surface area (Å²) in [6, 6.07) is 6.95. The quantitative estimate of drug-likeness (QED) is 0.887. The molecule has 2 aromatic rings. The fourth-order valence-electron chi connectivity index (χ4n) is 1.43. The normalized spacial score (nSPS) is 9.85. The summed E-state index contributed by atoms with van der Waals surface area (Å²) < 4.78 is 5.17. The topological polar surface area (TPSA) is 110 Å². The van der Waals surface area contributed by atoms with Crippen LogP contribution in [0.25, 0.3) is 0 Å². The lowest BCUT2D eigenvalue weighted by Crippen LogP contribution is -2.07. The molecule has 0 spiro atoms. The van der Waals surface area contributed by atoms with E-state index in [2.05, 4.69) is 20.3 Å². The number of hydrogen-bond acceptors (Lipinski definition) is 7. The molecule has 7 nitrogen and oxygen atoms in total. The van der Waals surface area contributed by atoms with E-state index in [0.717, 1.165) is 0 Å². The molecular weight excluding hydrogens is 280 g/mol. The highest BCUT2D eigenvalue weighted by Crippen LogP contribution is 2.25. The van der Waals surface area contributed by atoms with Gasteiger partial charge in [0.1, 0.15) is 0 Å². The van der Waals surface area contributed by atoms with Gasteiger partial charge >= 0.3 is 6.01 Å². The van der Waals surface area contributed by atoms with Gasteiger partial charge in [0.2, 0.25) is 11.9 Å². The molecule has 1 aromatic carbocycles. The van der Waals surface area contributed by atoms with Crippen LogP contribution in [-0.4, -0.2) is 21.6 Å². The van der Waals surface area contributed by atoms with Crippen molar-refractivity contribution in [3.8, 4) is 12.1 Å². The third-order valence-corrected chi connectivity index (χ3v) is 2.58. The Bertz CT molecular complexity index is 669. The number of rotatable bonds is 4. The summed E-state index contributed by atoms with van der Waals surface area (Å²) in [4.78, 5) is 11.8. The van der Waals surface area contributed by atoms with Gasteiger partial charge in [-0.1, -0.05) is 11.6 Å². The Morgan fingerprint density at radius 3 is 2.90 bits per heavy atom. The zero-order chi connectivity index (χ0) is 14.5. The fraction of sp³-hybridized carbons (Fsp3) is 0.167. The first-order valence-electron chi connectivity index (χ1n) is 5.73. The number of nitrogens with one attached hydrogen (secondary N) is 1. The maximum absolute atomic E-state index is 8.88. The first-order chi connectivity index (χ1) is 9.62. The van der Waals surface area contributed by atoms with Gasteiger partial charge in [0.15, 0.2) is 0 Å². The van der Waals surface area contributed by atoms with Crippen LogP contribution >= 0.6 is 11.6 Å². The van der Waals surface area contributed by atoms with Gasteiger partial charge in [0, 0.05) is 0 Å². The summed E-state index contributed by atoms with van der Waals surface area (Å²) in [6.45, 7) is 2.22. The molecule has 20 heavy (non-hydrogen) atoms. The molecule has 8 heteroatoms. The molecule has 0 amide bonds. The molecule has 0 saturated heterocycles. The van der Waals surface area contributed by atoms with Crippen LogP contribution in [0.4, 0.5) is 17.6 Å². The number of benzene rings is 1. The van der Waals surface area contributed by atoms with Gasteiger partial charge in [-0.3, -0.25) is 0 Å². The molecule has 0 aliphatic carbocycles. The first kappa shape index (κ1) is 13.8. The molecule has 1 aromatic heterocycles. The highest BCUT2D eigenvalue weighted by atomic mass is 35.5. The van der Waals surface area contributed by atoms with Crippen LogP contribution in [0, 0.1) is 11.3 Å². The van der Waals surface area contributed by atoms with Crippen LogP contribution in [0.15, 0.2) is 18.2 Å². The summed E-state index contributed by atoms with van der Waals surface area (Å²) in [5, 5.41) is 12.2. The average molecular weight is 291 g/mol. The van der Waals surface area contributed by atoms with Crippen LogP contribution in [0.1, 0.15) is 12.5 Å². The first-order valence-corrected chi connectivity index (χ1v) is 6.11. The second kappa shape index (κ2) is 6.04. The Labute approximate surface area is 120 Å². The Kier molecular flexibility index (Phi) is 4.17. The van der Waals surface area contributed by atoms with Crippen molar-refractivity contribution in [1.29, 1.82) is 5.26 Å². The van der Waals surface area contributed by atoms with E-state index in [9.17, 15) is 0 Å². The van der Waals surface area contributed by atoms with Crippen molar-refractivity contribution >= 4 is 29.2 Å². The van der Waals surface area contributed by atoms with Crippen LogP contribution in [-0.2, 0) is 0 Å². The van der Waals surface area contributed by atoms with Crippen molar-refractivity contribution in [2.24, 2.45) is 0 Å². The third-order valence-electron chi connectivity index (χ3n) is 2.25. The van der Waals surface area contributed by atoms with Crippen LogP contribution in [0.3, 0.4) is 0 Å². The molecule has 0 aliphatic heterocycles. The smallest absolute Gasteiger partial charge is 0.323 e. The second-order valence-corrected chi connectivity index (χ2v) is 4.07. The number of aromatic nitrogens is 3. The lowest BCUT2D eigenvalue weighted by Gasteiger charge is -2.08. The Morgan fingerprint density at radius 2 is 2.20 bits per heavy atom. The van der Waals surface area contributed by atoms with Crippen LogP contribution in [0.2, 0.25) is 5.02 Å². The average Bonchev–Trinajstić information content (AvgIpc) is 2.41. The van der Waals surface area contributed by atoms with Crippen molar-refractivity contribution in [1.82, 2.24) is 15.0 Å². The highest BCUT2D eigenvalue weighted by Gasteiger charge is 2.08. The van der Waals surface area contributed by atoms with Gasteiger partial charge in [-0.25, -0.2) is 0 Å². The highest BCUT2D eigenvalue weighted by molar-refractivity contribution is 6.33. The van der Waals surface area contributed by atoms with Crippen LogP contribution in [0.5, 0.6) is 6.01 Å². The zero-order valence-corrected chi connectivity index (χ0v) is 11.3. The molecule has 0 bridgehead atoms. The maximum Gasteiger partial charge on any atom is 0.323 e. The van der Waals surface area contributed by atoms with Gasteiger partial charge in [0.25, 0.3) is 0 Å². The van der Waals surface area contributed by atoms with Crippen molar-refractivity contribution in [2.45, 2.75) is 6.92 Å². The van der Waals surface area contributed by atoms with Crippen LogP contribution < -0.4 is 15.8 Å². The Hall–Kier alpha value is -2.59. The number of nitriles is 1. The summed E-state index contributed by atoms with van der Waals surface area (Å²) in [7, 11) is 0. The molecule has 0 radical (unpaired) electrons. The number of anilines is 3. The summed E-state index contributed by atoms with van der Waals surface area (Å²) in [5.74, 6) is 0.219. The van der Waals surface area contributed by atoms with Crippen molar-refractivity contribution in [2.75, 3.05) is 17.7 Å². The number of ether oxygens (including phenoxy) is 1. The van der Waals surface area contributed by atoms with Gasteiger partial charge in [-0.05, 0) is 25.1 Å². The number of nitrogen functional groups attached to an aromatic ring is 1. The minimum Gasteiger partial charge on any atom is -0.464 e. The minimum atomic E-state index is 0.0264. The summed E-state index contributed by atoms with van der Waals surface area (Å²) in [5.41, 5.74) is 6.53. The van der Waals surface area contributed by atoms with E-state index in [-0.39, 0.29) is 17.9 Å². The van der Waals surface area contributed by atoms with E-state index < -0.39 is 0 Å².